The molecule has 29 heavy (non-hydrogen) atoms. The van der Waals surface area contributed by atoms with Crippen molar-refractivity contribution in [3.05, 3.63) is 0 Å². The molecule has 12 nitrogen and oxygen atoms in total. The van der Waals surface area contributed by atoms with Crippen molar-refractivity contribution in [2.24, 2.45) is 0 Å². The second-order valence-corrected chi connectivity index (χ2v) is 6.86. The van der Waals surface area contributed by atoms with Crippen molar-refractivity contribution in [1.82, 2.24) is 10.6 Å². The molecule has 0 saturated carbocycles. The van der Waals surface area contributed by atoms with Gasteiger partial charge in [-0.15, -0.1) is 0 Å². The minimum absolute atomic E-state index is 0.119. The lowest BCUT2D eigenvalue weighted by Gasteiger charge is -2.46. The smallest absolute Gasteiger partial charge is 0.364 e. The summed E-state index contributed by atoms with van der Waals surface area (Å²) in [5.41, 5.74) is 0. The molecule has 168 valence electrons. The Labute approximate surface area is 167 Å². The molecule has 0 radical (unpaired) electrons. The van der Waals surface area contributed by atoms with Crippen LogP contribution in [0.1, 0.15) is 32.6 Å². The number of aliphatic hydroxyl groups is 4. The minimum atomic E-state index is -2.35. The van der Waals surface area contributed by atoms with Crippen LogP contribution in [0.15, 0.2) is 0 Å². The number of nitrogens with one attached hydrogen (secondary N) is 2. The van der Waals surface area contributed by atoms with Crippen LogP contribution in [0.2, 0.25) is 0 Å². The van der Waals surface area contributed by atoms with Gasteiger partial charge < -0.3 is 45.6 Å². The SMILES string of the molecule is CNC(=O)CCCCO[C@]1(C(=O)O)C[C@H](O)[C@@H](NC(C)=O)[C@H]([C@H](O)[C@H](O)CO)O1. The van der Waals surface area contributed by atoms with Crippen LogP contribution in [0.3, 0.4) is 0 Å². The van der Waals surface area contributed by atoms with E-state index in [4.69, 9.17) is 14.6 Å². The van der Waals surface area contributed by atoms with E-state index >= 15 is 0 Å². The van der Waals surface area contributed by atoms with Gasteiger partial charge in [-0.3, -0.25) is 9.59 Å². The van der Waals surface area contributed by atoms with Crippen molar-refractivity contribution in [3.8, 4) is 0 Å². The normalized spacial score (nSPS) is 29.0. The molecule has 1 aliphatic heterocycles. The number of hydrogen-bond donors (Lipinski definition) is 7. The van der Waals surface area contributed by atoms with Crippen molar-refractivity contribution in [3.63, 3.8) is 0 Å². The van der Waals surface area contributed by atoms with Gasteiger partial charge >= 0.3 is 5.97 Å². The molecule has 7 N–H and O–H groups in total. The first kappa shape index (κ1) is 25.2. The Morgan fingerprint density at radius 3 is 2.45 bits per heavy atom. The summed E-state index contributed by atoms with van der Waals surface area (Å²) in [6.45, 7) is 0.178. The minimum Gasteiger partial charge on any atom is -0.477 e. The number of carboxylic acid groups (broad SMARTS) is 1. The summed E-state index contributed by atoms with van der Waals surface area (Å²) >= 11 is 0. The second kappa shape index (κ2) is 11.4. The molecular weight excluding hydrogens is 392 g/mol. The van der Waals surface area contributed by atoms with E-state index in [9.17, 15) is 34.8 Å². The molecule has 6 atom stereocenters. The van der Waals surface area contributed by atoms with Gasteiger partial charge in [0.25, 0.3) is 5.79 Å². The average Bonchev–Trinajstić information content (AvgIpc) is 2.67. The van der Waals surface area contributed by atoms with Gasteiger partial charge in [-0.1, -0.05) is 0 Å². The number of hydrogen-bond acceptors (Lipinski definition) is 9. The van der Waals surface area contributed by atoms with Crippen LogP contribution >= 0.6 is 0 Å². The molecule has 1 heterocycles. The summed E-state index contributed by atoms with van der Waals surface area (Å²) < 4.78 is 10.8. The number of aliphatic carboxylic acids is 1. The predicted octanol–water partition coefficient (Wildman–Crippen LogP) is -2.93. The topological polar surface area (TPSA) is 195 Å². The van der Waals surface area contributed by atoms with E-state index in [0.29, 0.717) is 12.8 Å². The zero-order chi connectivity index (χ0) is 22.2. The summed E-state index contributed by atoms with van der Waals surface area (Å²) in [6, 6.07) is -1.24. The molecule has 0 aliphatic carbocycles. The fourth-order valence-corrected chi connectivity index (χ4v) is 3.03. The van der Waals surface area contributed by atoms with Crippen LogP contribution in [-0.4, -0.2) is 99.8 Å². The Balaban J connectivity index is 2.96. The van der Waals surface area contributed by atoms with Gasteiger partial charge in [0.05, 0.1) is 25.4 Å². The molecule has 1 saturated heterocycles. The second-order valence-electron chi connectivity index (χ2n) is 6.86. The molecule has 0 bridgehead atoms. The Hall–Kier alpha value is -1.83. The maximum atomic E-state index is 11.9. The Morgan fingerprint density at radius 2 is 1.93 bits per heavy atom. The summed E-state index contributed by atoms with van der Waals surface area (Å²) in [5, 5.41) is 54.0. The number of unbranched alkanes of at least 4 members (excludes halogenated alkanes) is 1. The van der Waals surface area contributed by atoms with Crippen LogP contribution in [0.5, 0.6) is 0 Å². The number of rotatable bonds is 11. The van der Waals surface area contributed by atoms with Crippen LogP contribution in [0, 0.1) is 0 Å². The van der Waals surface area contributed by atoms with E-state index in [1.807, 2.05) is 0 Å². The summed E-state index contributed by atoms with van der Waals surface area (Å²) in [4.78, 5) is 34.5. The fourth-order valence-electron chi connectivity index (χ4n) is 3.03. The van der Waals surface area contributed by atoms with Crippen LogP contribution in [0.25, 0.3) is 0 Å². The highest BCUT2D eigenvalue weighted by molar-refractivity contribution is 5.76. The Kier molecular flexibility index (Phi) is 9.89. The number of amides is 2. The lowest BCUT2D eigenvalue weighted by atomic mass is 9.88. The van der Waals surface area contributed by atoms with Gasteiger partial charge in [-0.2, -0.15) is 0 Å². The predicted molar refractivity (Wildman–Crippen MR) is 96.4 cm³/mol. The summed E-state index contributed by atoms with van der Waals surface area (Å²) in [6.07, 6.45) is -6.18. The van der Waals surface area contributed by atoms with E-state index in [1.165, 1.54) is 7.05 Å². The highest BCUT2D eigenvalue weighted by Crippen LogP contribution is 2.33. The number of carboxylic acids is 1. The Bertz CT molecular complexity index is 574. The van der Waals surface area contributed by atoms with Crippen molar-refractivity contribution in [2.75, 3.05) is 20.3 Å². The first-order chi connectivity index (χ1) is 13.6. The zero-order valence-corrected chi connectivity index (χ0v) is 16.4. The van der Waals surface area contributed by atoms with E-state index in [-0.39, 0.29) is 18.9 Å². The third-order valence-corrected chi connectivity index (χ3v) is 4.60. The van der Waals surface area contributed by atoms with E-state index in [2.05, 4.69) is 10.6 Å². The summed E-state index contributed by atoms with van der Waals surface area (Å²) in [5.74, 6) is -4.67. The molecule has 1 fully saturated rings. The van der Waals surface area contributed by atoms with Crippen LogP contribution < -0.4 is 10.6 Å². The lowest BCUT2D eigenvalue weighted by Crippen LogP contribution is -2.67. The molecule has 0 aromatic heterocycles. The molecule has 2 amide bonds. The van der Waals surface area contributed by atoms with Gasteiger partial charge in [0, 0.05) is 26.8 Å². The molecule has 0 unspecified atom stereocenters. The fraction of sp³-hybridized carbons (Fsp3) is 0.824. The molecule has 0 spiro atoms. The van der Waals surface area contributed by atoms with Gasteiger partial charge in [-0.25, -0.2) is 4.79 Å². The monoisotopic (exact) mass is 422 g/mol. The largest absolute Gasteiger partial charge is 0.477 e. The average molecular weight is 422 g/mol. The summed E-state index contributed by atoms with van der Waals surface area (Å²) in [7, 11) is 1.49. The molecule has 1 rings (SSSR count). The zero-order valence-electron chi connectivity index (χ0n) is 16.4. The van der Waals surface area contributed by atoms with Crippen molar-refractivity contribution < 1.29 is 49.4 Å². The van der Waals surface area contributed by atoms with E-state index in [0.717, 1.165) is 6.92 Å². The van der Waals surface area contributed by atoms with E-state index < -0.39 is 61.1 Å². The Morgan fingerprint density at radius 1 is 1.28 bits per heavy atom. The molecular formula is C17H30N2O10. The highest BCUT2D eigenvalue weighted by atomic mass is 16.7. The number of ether oxygens (including phenoxy) is 2. The highest BCUT2D eigenvalue weighted by Gasteiger charge is 2.55. The van der Waals surface area contributed by atoms with Gasteiger partial charge in [0.15, 0.2) is 0 Å². The quantitative estimate of drug-likeness (QED) is 0.169. The number of aliphatic hydroxyl groups excluding tert-OH is 4. The lowest BCUT2D eigenvalue weighted by molar-refractivity contribution is -0.311. The first-order valence-electron chi connectivity index (χ1n) is 9.26. The van der Waals surface area contributed by atoms with Crippen LogP contribution in [-0.2, 0) is 23.9 Å². The number of carbonyl (C=O) groups is 3. The van der Waals surface area contributed by atoms with Gasteiger partial charge in [-0.05, 0) is 12.8 Å². The standard InChI is InChI=1S/C17H30N2O10/c1-9(21)19-13-10(22)7-17(16(26)27,28-6-4-3-5-12(24)18-2)29-15(13)14(25)11(23)8-20/h10-11,13-15,20,22-23,25H,3-8H2,1-2H3,(H,18,24)(H,19,21)(H,26,27)/t10-,11+,13+,14+,15+,17+/m0/s1. The third kappa shape index (κ3) is 6.87. The van der Waals surface area contributed by atoms with Crippen molar-refractivity contribution >= 4 is 17.8 Å². The van der Waals surface area contributed by atoms with Crippen LogP contribution in [0.4, 0.5) is 0 Å². The van der Waals surface area contributed by atoms with Crippen molar-refractivity contribution in [2.45, 2.75) is 68.9 Å². The maximum Gasteiger partial charge on any atom is 0.364 e. The third-order valence-electron chi connectivity index (χ3n) is 4.60. The van der Waals surface area contributed by atoms with E-state index in [1.54, 1.807) is 0 Å². The first-order valence-corrected chi connectivity index (χ1v) is 9.26. The van der Waals surface area contributed by atoms with Crippen molar-refractivity contribution in [1.29, 1.82) is 0 Å². The maximum absolute atomic E-state index is 11.9. The van der Waals surface area contributed by atoms with Gasteiger partial charge in [0.2, 0.25) is 11.8 Å². The molecule has 0 aromatic carbocycles. The molecule has 1 aliphatic rings. The molecule has 12 heteroatoms. The van der Waals surface area contributed by atoms with Gasteiger partial charge in [0.1, 0.15) is 18.3 Å². The number of carbonyl (C=O) groups excluding carboxylic acids is 2. The molecule has 0 aromatic rings.